The number of cyclic esters (lactones) is 1. The molecule has 0 spiro atoms. The monoisotopic (exact) mass is 458 g/mol. The summed E-state index contributed by atoms with van der Waals surface area (Å²) in [5.41, 5.74) is 5.41. The fourth-order valence-electron chi connectivity index (χ4n) is 5.22. The zero-order valence-corrected chi connectivity index (χ0v) is 18.5. The number of ether oxygens (including phenoxy) is 1. The molecule has 5 atom stereocenters. The molecule has 174 valence electrons. The van der Waals surface area contributed by atoms with Crippen LogP contribution in [0.3, 0.4) is 0 Å². The summed E-state index contributed by atoms with van der Waals surface area (Å²) in [7, 11) is 0. The van der Waals surface area contributed by atoms with Gasteiger partial charge in [-0.2, -0.15) is 0 Å². The number of hydrogen-bond acceptors (Lipinski definition) is 4. The molecule has 1 aromatic heterocycles. The van der Waals surface area contributed by atoms with Crippen molar-refractivity contribution < 1.29 is 27.5 Å². The molecular formula is C25H25F3N2O3. The maximum absolute atomic E-state index is 14.9. The van der Waals surface area contributed by atoms with Crippen molar-refractivity contribution in [2.75, 3.05) is 0 Å². The lowest BCUT2D eigenvalue weighted by Gasteiger charge is -2.46. The molecule has 4 rings (SSSR count). The molecule has 1 amide bonds. The lowest BCUT2D eigenvalue weighted by molar-refractivity contribution is -0.177. The summed E-state index contributed by atoms with van der Waals surface area (Å²) in [6.07, 6.45) is 2.94. The van der Waals surface area contributed by atoms with Crippen LogP contribution < -0.4 is 5.73 Å². The van der Waals surface area contributed by atoms with E-state index in [-0.39, 0.29) is 5.82 Å². The van der Waals surface area contributed by atoms with Crippen molar-refractivity contribution in [3.63, 3.8) is 0 Å². The molecule has 2 fully saturated rings. The summed E-state index contributed by atoms with van der Waals surface area (Å²) in [5, 5.41) is 0. The van der Waals surface area contributed by atoms with E-state index >= 15 is 0 Å². The first-order chi connectivity index (χ1) is 15.5. The molecule has 33 heavy (non-hydrogen) atoms. The van der Waals surface area contributed by atoms with E-state index in [2.05, 4.69) is 4.98 Å². The Kier molecular flexibility index (Phi) is 5.58. The summed E-state index contributed by atoms with van der Waals surface area (Å²) >= 11 is 0. The fraction of sp³-hybridized carbons (Fsp3) is 0.400. The van der Waals surface area contributed by atoms with Gasteiger partial charge in [0, 0.05) is 35.6 Å². The number of allylic oxidation sites excluding steroid dienone is 1. The fourth-order valence-corrected chi connectivity index (χ4v) is 5.22. The van der Waals surface area contributed by atoms with Gasteiger partial charge in [0.2, 0.25) is 5.91 Å². The van der Waals surface area contributed by atoms with E-state index in [1.165, 1.54) is 13.1 Å². The second-order valence-corrected chi connectivity index (χ2v) is 9.04. The van der Waals surface area contributed by atoms with Gasteiger partial charge in [0.25, 0.3) is 5.92 Å². The van der Waals surface area contributed by atoms with Gasteiger partial charge in [-0.05, 0) is 37.5 Å². The molecule has 1 aliphatic carbocycles. The number of rotatable bonds is 4. The highest BCUT2D eigenvalue weighted by atomic mass is 19.3. The number of halogens is 3. The number of fused-ring (bicyclic) bond motifs is 1. The van der Waals surface area contributed by atoms with Crippen LogP contribution in [0.4, 0.5) is 13.2 Å². The number of esters is 1. The molecule has 0 radical (unpaired) electrons. The lowest BCUT2D eigenvalue weighted by Crippen LogP contribution is -2.58. The number of aromatic nitrogens is 1. The molecule has 1 aromatic carbocycles. The number of amides is 1. The summed E-state index contributed by atoms with van der Waals surface area (Å²) in [5.74, 6) is -8.50. The number of nitrogens with two attached hydrogens (primary N) is 1. The highest BCUT2D eigenvalue weighted by molar-refractivity contribution is 6.04. The normalized spacial score (nSPS) is 30.8. The summed E-state index contributed by atoms with van der Waals surface area (Å²) in [6, 6.07) is 8.43. The Morgan fingerprint density at radius 1 is 1.24 bits per heavy atom. The Bertz CT molecular complexity index is 1130. The van der Waals surface area contributed by atoms with E-state index in [1.807, 2.05) is 0 Å². The van der Waals surface area contributed by atoms with Crippen molar-refractivity contribution in [2.24, 2.45) is 28.9 Å². The van der Waals surface area contributed by atoms with E-state index in [0.717, 1.165) is 0 Å². The minimum absolute atomic E-state index is 0.330. The molecule has 5 nitrogen and oxygen atoms in total. The first kappa shape index (κ1) is 23.0. The van der Waals surface area contributed by atoms with Crippen molar-refractivity contribution in [1.82, 2.24) is 4.98 Å². The second kappa shape index (κ2) is 8.01. The van der Waals surface area contributed by atoms with Crippen LogP contribution in [-0.4, -0.2) is 28.9 Å². The Hall–Kier alpha value is -3.16. The predicted molar refractivity (Wildman–Crippen MR) is 116 cm³/mol. The Labute approximate surface area is 189 Å². The van der Waals surface area contributed by atoms with Crippen molar-refractivity contribution in [3.8, 4) is 11.1 Å². The Morgan fingerprint density at radius 3 is 2.61 bits per heavy atom. The number of nitrogens with zero attached hydrogens (tertiary/aromatic N) is 1. The molecule has 2 aliphatic rings. The van der Waals surface area contributed by atoms with Crippen molar-refractivity contribution in [1.29, 1.82) is 0 Å². The van der Waals surface area contributed by atoms with E-state index in [0.29, 0.717) is 22.4 Å². The van der Waals surface area contributed by atoms with Gasteiger partial charge in [-0.1, -0.05) is 37.3 Å². The van der Waals surface area contributed by atoms with Gasteiger partial charge in [0.1, 0.15) is 11.9 Å². The molecule has 1 saturated heterocycles. The Morgan fingerprint density at radius 2 is 1.97 bits per heavy atom. The average Bonchev–Trinajstić information content (AvgIpc) is 3.01. The molecule has 1 aliphatic heterocycles. The third-order valence-corrected chi connectivity index (χ3v) is 7.12. The summed E-state index contributed by atoms with van der Waals surface area (Å²) in [6.45, 7) is 4.66. The van der Waals surface area contributed by atoms with Crippen LogP contribution in [0.5, 0.6) is 0 Å². The van der Waals surface area contributed by atoms with Gasteiger partial charge < -0.3 is 10.5 Å². The lowest BCUT2D eigenvalue weighted by atomic mass is 9.56. The largest absolute Gasteiger partial charge is 0.461 e. The van der Waals surface area contributed by atoms with Gasteiger partial charge in [-0.3, -0.25) is 14.6 Å². The number of hydrogen-bond donors (Lipinski definition) is 1. The maximum atomic E-state index is 14.9. The van der Waals surface area contributed by atoms with Crippen LogP contribution in [0, 0.1) is 35.9 Å². The zero-order valence-electron chi connectivity index (χ0n) is 18.5. The summed E-state index contributed by atoms with van der Waals surface area (Å²) in [4.78, 5) is 29.1. The van der Waals surface area contributed by atoms with Crippen molar-refractivity contribution in [2.45, 2.75) is 39.2 Å². The molecule has 4 unspecified atom stereocenters. The van der Waals surface area contributed by atoms with Gasteiger partial charge in [-0.15, -0.1) is 0 Å². The van der Waals surface area contributed by atoms with E-state index in [1.54, 1.807) is 56.3 Å². The average molecular weight is 458 g/mol. The molecule has 2 N–H and O–H groups in total. The third-order valence-electron chi connectivity index (χ3n) is 7.12. The SMILES string of the molecule is Cc1cccc(-c2ccc(/C=C/C3C(C)C(F)(F)CC4(C(N)=O)C(=O)OC(C)[C@@H]34)nc2)c1F. The van der Waals surface area contributed by atoms with E-state index < -0.39 is 53.5 Å². The molecular weight excluding hydrogens is 433 g/mol. The highest BCUT2D eigenvalue weighted by Crippen LogP contribution is 2.59. The molecule has 2 aromatic rings. The minimum Gasteiger partial charge on any atom is -0.461 e. The Balaban J connectivity index is 1.67. The van der Waals surface area contributed by atoms with Crippen LogP contribution in [0.2, 0.25) is 0 Å². The van der Waals surface area contributed by atoms with Crippen LogP contribution in [0.1, 0.15) is 31.5 Å². The number of carbonyl (C=O) groups excluding carboxylic acids is 2. The van der Waals surface area contributed by atoms with Crippen LogP contribution in [-0.2, 0) is 14.3 Å². The predicted octanol–water partition coefficient (Wildman–Crippen LogP) is 4.53. The first-order valence-corrected chi connectivity index (χ1v) is 10.8. The van der Waals surface area contributed by atoms with Crippen molar-refractivity contribution in [3.05, 3.63) is 59.7 Å². The third kappa shape index (κ3) is 3.61. The second-order valence-electron chi connectivity index (χ2n) is 9.04. The van der Waals surface area contributed by atoms with Gasteiger partial charge in [-0.25, -0.2) is 13.2 Å². The number of primary amides is 1. The quantitative estimate of drug-likeness (QED) is 0.539. The number of alkyl halides is 2. The standard InChI is InChI=1S/C25H25F3N2O3/c1-13-5-4-6-19(21(13)26)16-7-8-17(30-11-16)9-10-18-14(2)25(27,28)12-24(22(29)31)20(18)15(3)33-23(24)32/h4-11,14-15,18,20H,12H2,1-3H3,(H2,29,31)/b10-9+/t14?,15?,18?,20-,24?/m0/s1. The number of aryl methyl sites for hydroxylation is 1. The van der Waals surface area contributed by atoms with Crippen LogP contribution >= 0.6 is 0 Å². The zero-order chi connectivity index (χ0) is 24.1. The molecule has 2 heterocycles. The molecule has 8 heteroatoms. The van der Waals surface area contributed by atoms with Gasteiger partial charge in [0.05, 0.1) is 5.69 Å². The smallest absolute Gasteiger partial charge is 0.322 e. The van der Waals surface area contributed by atoms with E-state index in [9.17, 15) is 22.8 Å². The molecule has 0 bridgehead atoms. The van der Waals surface area contributed by atoms with E-state index in [4.69, 9.17) is 10.5 Å². The van der Waals surface area contributed by atoms with Crippen molar-refractivity contribution >= 4 is 18.0 Å². The number of pyridine rings is 1. The van der Waals surface area contributed by atoms with Crippen LogP contribution in [0.15, 0.2) is 42.6 Å². The number of benzene rings is 1. The number of carbonyl (C=O) groups is 2. The highest BCUT2D eigenvalue weighted by Gasteiger charge is 2.70. The minimum atomic E-state index is -3.29. The van der Waals surface area contributed by atoms with Gasteiger partial charge in [0.15, 0.2) is 5.41 Å². The first-order valence-electron chi connectivity index (χ1n) is 10.8. The molecule has 1 saturated carbocycles. The van der Waals surface area contributed by atoms with Gasteiger partial charge >= 0.3 is 5.97 Å². The summed E-state index contributed by atoms with van der Waals surface area (Å²) < 4.78 is 49.5. The topological polar surface area (TPSA) is 82.3 Å². The van der Waals surface area contributed by atoms with Crippen LogP contribution in [0.25, 0.3) is 17.2 Å². The maximum Gasteiger partial charge on any atom is 0.322 e.